The second kappa shape index (κ2) is 11.2. The number of hydrogen-bond donors (Lipinski definition) is 3. The van der Waals surface area contributed by atoms with Gasteiger partial charge in [-0.15, -0.1) is 0 Å². The van der Waals surface area contributed by atoms with Crippen molar-refractivity contribution < 1.29 is 9.59 Å². The minimum Gasteiger partial charge on any atom is -0.348 e. The molecule has 0 aliphatic heterocycles. The number of aromatic nitrogens is 4. The molecule has 0 spiro atoms. The molecular formula is C29H32N6O3. The van der Waals surface area contributed by atoms with Gasteiger partial charge in [0, 0.05) is 53.4 Å². The normalized spacial score (nSPS) is 11.6. The van der Waals surface area contributed by atoms with Gasteiger partial charge in [-0.3, -0.25) is 14.2 Å². The van der Waals surface area contributed by atoms with Crippen LogP contribution in [-0.4, -0.2) is 37.6 Å². The molecule has 1 atom stereocenters. The molecule has 0 aliphatic rings. The molecule has 0 saturated heterocycles. The molecule has 0 radical (unpaired) electrons. The topological polar surface area (TPSA) is 114 Å². The predicted octanol–water partition coefficient (Wildman–Crippen LogP) is 3.96. The molecule has 0 unspecified atom stereocenters. The lowest BCUT2D eigenvalue weighted by Gasteiger charge is -2.14. The maximum absolute atomic E-state index is 13.5. The van der Waals surface area contributed by atoms with E-state index >= 15 is 0 Å². The number of H-pyrrole nitrogens is 1. The maximum atomic E-state index is 13.5. The van der Waals surface area contributed by atoms with Crippen LogP contribution in [0.2, 0.25) is 0 Å². The first-order chi connectivity index (χ1) is 18.2. The number of nitrogens with one attached hydrogen (secondary N) is 3. The minimum absolute atomic E-state index is 0.114. The molecular weight excluding hydrogens is 480 g/mol. The molecule has 0 fully saturated rings. The number of benzene rings is 1. The van der Waals surface area contributed by atoms with Crippen LogP contribution >= 0.6 is 0 Å². The predicted molar refractivity (Wildman–Crippen MR) is 147 cm³/mol. The van der Waals surface area contributed by atoms with Crippen molar-refractivity contribution in [2.24, 2.45) is 0 Å². The fourth-order valence-electron chi connectivity index (χ4n) is 4.50. The molecule has 3 heterocycles. The van der Waals surface area contributed by atoms with Crippen molar-refractivity contribution in [2.45, 2.75) is 53.6 Å². The van der Waals surface area contributed by atoms with Crippen LogP contribution in [-0.2, 0) is 6.54 Å². The lowest BCUT2D eigenvalue weighted by molar-refractivity contribution is 0.0952. The van der Waals surface area contributed by atoms with Gasteiger partial charge >= 0.3 is 6.03 Å². The van der Waals surface area contributed by atoms with Gasteiger partial charge in [-0.25, -0.2) is 9.78 Å². The third-order valence-electron chi connectivity index (χ3n) is 6.65. The van der Waals surface area contributed by atoms with E-state index in [1.807, 2.05) is 32.9 Å². The van der Waals surface area contributed by atoms with Gasteiger partial charge in [0.2, 0.25) is 0 Å². The highest BCUT2D eigenvalue weighted by atomic mass is 16.2. The average Bonchev–Trinajstić information content (AvgIpc) is 3.53. The van der Waals surface area contributed by atoms with E-state index in [-0.39, 0.29) is 36.6 Å². The summed E-state index contributed by atoms with van der Waals surface area (Å²) in [4.78, 5) is 44.7. The first-order valence-corrected chi connectivity index (χ1v) is 12.6. The van der Waals surface area contributed by atoms with Crippen molar-refractivity contribution in [3.63, 3.8) is 0 Å². The van der Waals surface area contributed by atoms with Crippen LogP contribution in [0.25, 0.3) is 10.9 Å². The number of imidazole rings is 1. The largest absolute Gasteiger partial charge is 0.348 e. The van der Waals surface area contributed by atoms with E-state index in [1.165, 1.54) is 17.1 Å². The Balaban J connectivity index is 1.66. The summed E-state index contributed by atoms with van der Waals surface area (Å²) in [7, 11) is 0. The Morgan fingerprint density at radius 2 is 1.92 bits per heavy atom. The van der Waals surface area contributed by atoms with Crippen molar-refractivity contribution >= 4 is 22.8 Å². The van der Waals surface area contributed by atoms with Crippen LogP contribution in [0.3, 0.4) is 0 Å². The third-order valence-corrected chi connectivity index (χ3v) is 6.65. The molecule has 9 heteroatoms. The van der Waals surface area contributed by atoms with Crippen LogP contribution < -0.4 is 16.2 Å². The zero-order valence-corrected chi connectivity index (χ0v) is 22.3. The number of hydrogen-bond acceptors (Lipinski definition) is 4. The number of amides is 2. The summed E-state index contributed by atoms with van der Waals surface area (Å²) in [6.07, 6.45) is 7.49. The molecule has 4 aromatic rings. The van der Waals surface area contributed by atoms with Crippen molar-refractivity contribution in [1.29, 1.82) is 0 Å². The molecule has 1 aromatic carbocycles. The van der Waals surface area contributed by atoms with Crippen molar-refractivity contribution in [1.82, 2.24) is 29.7 Å². The zero-order valence-electron chi connectivity index (χ0n) is 22.3. The van der Waals surface area contributed by atoms with E-state index in [1.54, 1.807) is 12.3 Å². The number of aryl methyl sites for hydroxylation is 3. The number of carbonyl (C=O) groups is 2. The highest BCUT2D eigenvalue weighted by Crippen LogP contribution is 2.30. The van der Waals surface area contributed by atoms with E-state index in [0.717, 1.165) is 34.1 Å². The van der Waals surface area contributed by atoms with E-state index in [4.69, 9.17) is 0 Å². The van der Waals surface area contributed by atoms with E-state index in [0.29, 0.717) is 16.7 Å². The highest BCUT2D eigenvalue weighted by Gasteiger charge is 2.19. The van der Waals surface area contributed by atoms with E-state index in [9.17, 15) is 14.4 Å². The Bertz CT molecular complexity index is 1620. The monoisotopic (exact) mass is 512 g/mol. The Labute approximate surface area is 221 Å². The Hall–Kier alpha value is -4.58. The molecule has 2 amide bonds. The summed E-state index contributed by atoms with van der Waals surface area (Å²) in [5.41, 5.74) is 4.99. The van der Waals surface area contributed by atoms with Crippen LogP contribution in [0, 0.1) is 32.6 Å². The SMILES string of the molecule is CC[C@H](C)n1cc(C)c2c(C(=O)NCc3c(C)cc(C)[nH]c3=O)cc(C#CCNC(=O)n3ccnc3)cc21. The van der Waals surface area contributed by atoms with Gasteiger partial charge in [-0.05, 0) is 63.4 Å². The van der Waals surface area contributed by atoms with E-state index < -0.39 is 0 Å². The molecule has 0 saturated carbocycles. The van der Waals surface area contributed by atoms with Gasteiger partial charge in [-0.2, -0.15) is 0 Å². The summed E-state index contributed by atoms with van der Waals surface area (Å²) < 4.78 is 3.50. The first-order valence-electron chi connectivity index (χ1n) is 12.6. The van der Waals surface area contributed by atoms with E-state index in [2.05, 4.69) is 57.1 Å². The molecule has 3 aromatic heterocycles. The lowest BCUT2D eigenvalue weighted by Crippen LogP contribution is -2.28. The Morgan fingerprint density at radius 1 is 1.13 bits per heavy atom. The molecule has 4 rings (SSSR count). The number of rotatable bonds is 6. The zero-order chi connectivity index (χ0) is 27.4. The Morgan fingerprint density at radius 3 is 2.61 bits per heavy atom. The van der Waals surface area contributed by atoms with Gasteiger partial charge in [0.25, 0.3) is 11.5 Å². The van der Waals surface area contributed by atoms with Crippen LogP contribution in [0.5, 0.6) is 0 Å². The number of carbonyl (C=O) groups excluding carboxylic acids is 2. The van der Waals surface area contributed by atoms with Crippen molar-refractivity contribution in [2.75, 3.05) is 6.54 Å². The summed E-state index contributed by atoms with van der Waals surface area (Å²) in [6, 6.07) is 5.54. The second-order valence-corrected chi connectivity index (χ2v) is 9.45. The molecule has 3 N–H and O–H groups in total. The fraction of sp³-hybridized carbons (Fsp3) is 0.310. The van der Waals surface area contributed by atoms with Crippen LogP contribution in [0.1, 0.15) is 64.6 Å². The number of fused-ring (bicyclic) bond motifs is 1. The van der Waals surface area contributed by atoms with Gasteiger partial charge in [0.05, 0.1) is 17.6 Å². The van der Waals surface area contributed by atoms with Gasteiger partial charge in [-0.1, -0.05) is 18.8 Å². The second-order valence-electron chi connectivity index (χ2n) is 9.45. The summed E-state index contributed by atoms with van der Waals surface area (Å²) in [5.74, 6) is 5.78. The molecule has 0 bridgehead atoms. The summed E-state index contributed by atoms with van der Waals surface area (Å²) >= 11 is 0. The quantitative estimate of drug-likeness (QED) is 0.339. The third kappa shape index (κ3) is 5.54. The summed E-state index contributed by atoms with van der Waals surface area (Å²) in [6.45, 7) is 10.2. The maximum Gasteiger partial charge on any atom is 0.327 e. The molecule has 38 heavy (non-hydrogen) atoms. The lowest BCUT2D eigenvalue weighted by atomic mass is 10.0. The van der Waals surface area contributed by atoms with Gasteiger partial charge in [0.1, 0.15) is 6.33 Å². The average molecular weight is 513 g/mol. The van der Waals surface area contributed by atoms with Crippen LogP contribution in [0.4, 0.5) is 4.79 Å². The molecule has 9 nitrogen and oxygen atoms in total. The standard InChI is InChI=1S/C29H32N6O3/c1-6-21(5)35-16-19(3)26-23(27(36)32-15-24-18(2)12-20(4)33-28(24)37)13-22(14-25(26)35)8-7-9-31-29(38)34-11-10-30-17-34/h10-14,16-17,21H,6,9,15H2,1-5H3,(H,31,38)(H,32,36)(H,33,37)/t21-/m0/s1. The number of aromatic amines is 1. The van der Waals surface area contributed by atoms with Crippen LogP contribution in [0.15, 0.2) is 47.9 Å². The van der Waals surface area contributed by atoms with Crippen molar-refractivity contribution in [3.05, 3.63) is 87.0 Å². The molecule has 0 aliphatic carbocycles. The number of pyridine rings is 1. The highest BCUT2D eigenvalue weighted by molar-refractivity contribution is 6.08. The van der Waals surface area contributed by atoms with Crippen molar-refractivity contribution in [3.8, 4) is 11.8 Å². The minimum atomic E-state index is -0.324. The molecule has 196 valence electrons. The fourth-order valence-corrected chi connectivity index (χ4v) is 4.50. The Kier molecular flexibility index (Phi) is 7.82. The van der Waals surface area contributed by atoms with Gasteiger partial charge in [0.15, 0.2) is 0 Å². The first kappa shape index (κ1) is 26.5. The number of nitrogens with zero attached hydrogens (tertiary/aromatic N) is 3. The van der Waals surface area contributed by atoms with Gasteiger partial charge < -0.3 is 20.2 Å². The summed E-state index contributed by atoms with van der Waals surface area (Å²) in [5, 5.41) is 6.51. The smallest absolute Gasteiger partial charge is 0.327 e.